The van der Waals surface area contributed by atoms with Gasteiger partial charge in [-0.15, -0.1) is 0 Å². The summed E-state index contributed by atoms with van der Waals surface area (Å²) < 4.78 is 35.9. The largest absolute Gasteiger partial charge is 0.379 e. The third-order valence-corrected chi connectivity index (χ3v) is 6.15. The van der Waals surface area contributed by atoms with Crippen LogP contribution in [-0.4, -0.2) is 33.0 Å². The van der Waals surface area contributed by atoms with Crippen molar-refractivity contribution in [2.24, 2.45) is 0 Å². The van der Waals surface area contributed by atoms with E-state index in [1.807, 2.05) is 18.2 Å². The first kappa shape index (κ1) is 19.6. The molecule has 1 atom stereocenters. The highest BCUT2D eigenvalue weighted by molar-refractivity contribution is 7.87. The van der Waals surface area contributed by atoms with Crippen molar-refractivity contribution in [3.05, 3.63) is 96.1 Å². The lowest BCUT2D eigenvalue weighted by molar-refractivity contribution is -0.0329. The topological polar surface area (TPSA) is 55.8 Å². The zero-order chi connectivity index (χ0) is 20.1. The predicted molar refractivity (Wildman–Crippen MR) is 111 cm³/mol. The fraction of sp³-hybridized carbons (Fsp3) is 0.217. The Kier molecular flexibility index (Phi) is 5.94. The highest BCUT2D eigenvalue weighted by atomic mass is 32.2. The third kappa shape index (κ3) is 5.03. The minimum Gasteiger partial charge on any atom is -0.379 e. The standard InChI is InChI=1S/C23H23NO4S/c25-29(26,22-9-5-2-6-10-22)28-21-13-11-20(12-14-21)23-18-24(15-16-27-23)17-19-7-3-1-4-8-19/h1-14,23H,15-18H2/t23-/m1/s1. The molecule has 0 N–H and O–H groups in total. The number of ether oxygens (including phenoxy) is 1. The van der Waals surface area contributed by atoms with Gasteiger partial charge in [-0.25, -0.2) is 0 Å². The van der Waals surface area contributed by atoms with Gasteiger partial charge < -0.3 is 8.92 Å². The molecule has 0 aromatic heterocycles. The SMILES string of the molecule is O=S(=O)(Oc1ccc([C@H]2CN(Cc3ccccc3)CCO2)cc1)c1ccccc1. The summed E-state index contributed by atoms with van der Waals surface area (Å²) in [5, 5.41) is 0. The Morgan fingerprint density at radius 2 is 1.55 bits per heavy atom. The second-order valence-electron chi connectivity index (χ2n) is 7.00. The molecule has 0 saturated carbocycles. The molecule has 0 bridgehead atoms. The zero-order valence-corrected chi connectivity index (χ0v) is 16.8. The summed E-state index contributed by atoms with van der Waals surface area (Å²) in [6.45, 7) is 3.23. The molecular formula is C23H23NO4S. The van der Waals surface area contributed by atoms with E-state index < -0.39 is 10.1 Å². The van der Waals surface area contributed by atoms with Crippen LogP contribution in [0.5, 0.6) is 5.75 Å². The molecule has 0 spiro atoms. The molecule has 0 unspecified atom stereocenters. The van der Waals surface area contributed by atoms with Crippen LogP contribution in [0.15, 0.2) is 89.8 Å². The van der Waals surface area contributed by atoms with Gasteiger partial charge in [-0.2, -0.15) is 8.42 Å². The number of hydrogen-bond acceptors (Lipinski definition) is 5. The van der Waals surface area contributed by atoms with Crippen LogP contribution in [0.3, 0.4) is 0 Å². The van der Waals surface area contributed by atoms with Crippen LogP contribution in [0, 0.1) is 0 Å². The van der Waals surface area contributed by atoms with Crippen LogP contribution in [0.4, 0.5) is 0 Å². The molecule has 1 fully saturated rings. The number of hydrogen-bond donors (Lipinski definition) is 0. The number of morpholine rings is 1. The Balaban J connectivity index is 1.41. The molecule has 0 aliphatic carbocycles. The van der Waals surface area contributed by atoms with E-state index in [0.717, 1.165) is 25.2 Å². The molecule has 1 aliphatic heterocycles. The molecule has 1 aliphatic rings. The lowest BCUT2D eigenvalue weighted by atomic mass is 10.1. The van der Waals surface area contributed by atoms with Gasteiger partial charge in [-0.05, 0) is 35.4 Å². The van der Waals surface area contributed by atoms with Gasteiger partial charge in [0, 0.05) is 19.6 Å². The molecule has 0 radical (unpaired) electrons. The normalized spacial score (nSPS) is 17.7. The van der Waals surface area contributed by atoms with Crippen molar-refractivity contribution < 1.29 is 17.3 Å². The summed E-state index contributed by atoms with van der Waals surface area (Å²) in [5.41, 5.74) is 2.29. The summed E-state index contributed by atoms with van der Waals surface area (Å²) in [6, 6.07) is 25.6. The van der Waals surface area contributed by atoms with Crippen molar-refractivity contribution in [1.29, 1.82) is 0 Å². The van der Waals surface area contributed by atoms with Gasteiger partial charge in [-0.1, -0.05) is 60.7 Å². The number of rotatable bonds is 6. The van der Waals surface area contributed by atoms with Crippen LogP contribution < -0.4 is 4.18 Å². The number of nitrogens with zero attached hydrogens (tertiary/aromatic N) is 1. The lowest BCUT2D eigenvalue weighted by Gasteiger charge is -2.33. The smallest absolute Gasteiger partial charge is 0.339 e. The van der Waals surface area contributed by atoms with Crippen molar-refractivity contribution >= 4 is 10.1 Å². The van der Waals surface area contributed by atoms with E-state index in [4.69, 9.17) is 8.92 Å². The van der Waals surface area contributed by atoms with Gasteiger partial charge in [0.1, 0.15) is 10.6 Å². The van der Waals surface area contributed by atoms with E-state index in [0.29, 0.717) is 6.61 Å². The van der Waals surface area contributed by atoms with Gasteiger partial charge in [0.2, 0.25) is 0 Å². The molecule has 1 heterocycles. The Morgan fingerprint density at radius 3 is 2.24 bits per heavy atom. The summed E-state index contributed by atoms with van der Waals surface area (Å²) in [7, 11) is -3.83. The number of benzene rings is 3. The van der Waals surface area contributed by atoms with Crippen LogP contribution in [-0.2, 0) is 21.4 Å². The Labute approximate surface area is 171 Å². The van der Waals surface area contributed by atoms with Crippen molar-refractivity contribution in [3.8, 4) is 5.75 Å². The van der Waals surface area contributed by atoms with Gasteiger partial charge in [0.05, 0.1) is 12.7 Å². The predicted octanol–water partition coefficient (Wildman–Crippen LogP) is 4.03. The Bertz CT molecular complexity index is 1020. The van der Waals surface area contributed by atoms with Crippen molar-refractivity contribution in [3.63, 3.8) is 0 Å². The third-order valence-electron chi connectivity index (χ3n) is 4.89. The van der Waals surface area contributed by atoms with Crippen LogP contribution in [0.25, 0.3) is 0 Å². The summed E-state index contributed by atoms with van der Waals surface area (Å²) in [4.78, 5) is 2.50. The van der Waals surface area contributed by atoms with E-state index in [1.165, 1.54) is 17.7 Å². The molecule has 0 amide bonds. The van der Waals surface area contributed by atoms with E-state index in [1.54, 1.807) is 30.3 Å². The van der Waals surface area contributed by atoms with Gasteiger partial charge >= 0.3 is 10.1 Å². The Hall–Kier alpha value is -2.67. The van der Waals surface area contributed by atoms with Crippen LogP contribution >= 0.6 is 0 Å². The maximum Gasteiger partial charge on any atom is 0.339 e. The van der Waals surface area contributed by atoms with Crippen molar-refractivity contribution in [1.82, 2.24) is 4.90 Å². The van der Waals surface area contributed by atoms with Gasteiger partial charge in [0.25, 0.3) is 0 Å². The summed E-state index contributed by atoms with van der Waals surface area (Å²) >= 11 is 0. The average Bonchev–Trinajstić information content (AvgIpc) is 2.76. The van der Waals surface area contributed by atoms with E-state index in [9.17, 15) is 8.42 Å². The monoisotopic (exact) mass is 409 g/mol. The molecule has 4 rings (SSSR count). The molecule has 5 nitrogen and oxygen atoms in total. The first-order valence-electron chi connectivity index (χ1n) is 9.57. The molecule has 1 saturated heterocycles. The minimum atomic E-state index is -3.83. The quantitative estimate of drug-likeness (QED) is 0.576. The van der Waals surface area contributed by atoms with Crippen molar-refractivity contribution in [2.45, 2.75) is 17.5 Å². The molecule has 29 heavy (non-hydrogen) atoms. The summed E-state index contributed by atoms with van der Waals surface area (Å²) in [5.74, 6) is 0.287. The maximum absolute atomic E-state index is 12.4. The fourth-order valence-corrected chi connectivity index (χ4v) is 4.34. The molecule has 3 aromatic rings. The van der Waals surface area contributed by atoms with Gasteiger partial charge in [0.15, 0.2) is 0 Å². The van der Waals surface area contributed by atoms with Crippen molar-refractivity contribution in [2.75, 3.05) is 19.7 Å². The second kappa shape index (κ2) is 8.78. The van der Waals surface area contributed by atoms with E-state index in [-0.39, 0.29) is 16.7 Å². The lowest BCUT2D eigenvalue weighted by Crippen LogP contribution is -2.37. The minimum absolute atomic E-state index is 0.0488. The van der Waals surface area contributed by atoms with Gasteiger partial charge in [-0.3, -0.25) is 4.90 Å². The molecule has 3 aromatic carbocycles. The van der Waals surface area contributed by atoms with Crippen LogP contribution in [0.1, 0.15) is 17.2 Å². The van der Waals surface area contributed by atoms with Crippen LogP contribution in [0.2, 0.25) is 0 Å². The molecule has 6 heteroatoms. The highest BCUT2D eigenvalue weighted by Gasteiger charge is 2.22. The zero-order valence-electron chi connectivity index (χ0n) is 16.0. The maximum atomic E-state index is 12.4. The van der Waals surface area contributed by atoms with E-state index >= 15 is 0 Å². The summed E-state index contributed by atoms with van der Waals surface area (Å²) in [6.07, 6.45) is -0.0488. The first-order chi connectivity index (χ1) is 14.1. The fourth-order valence-electron chi connectivity index (χ4n) is 3.39. The van der Waals surface area contributed by atoms with E-state index in [2.05, 4.69) is 29.2 Å². The first-order valence-corrected chi connectivity index (χ1v) is 11.0. The second-order valence-corrected chi connectivity index (χ2v) is 8.55. The highest BCUT2D eigenvalue weighted by Crippen LogP contribution is 2.26. The Morgan fingerprint density at radius 1 is 0.897 bits per heavy atom. The average molecular weight is 410 g/mol. The molecule has 150 valence electrons. The molecular weight excluding hydrogens is 386 g/mol.